The molecule has 0 amide bonds. The van der Waals surface area contributed by atoms with Gasteiger partial charge in [-0.25, -0.2) is 0 Å². The van der Waals surface area contributed by atoms with Crippen molar-refractivity contribution in [2.45, 2.75) is 13.0 Å². The van der Waals surface area contributed by atoms with Crippen molar-refractivity contribution in [1.29, 1.82) is 0 Å². The van der Waals surface area contributed by atoms with Gasteiger partial charge in [0.25, 0.3) is 0 Å². The van der Waals surface area contributed by atoms with E-state index in [9.17, 15) is 0 Å². The monoisotopic (exact) mass is 388 g/mol. The van der Waals surface area contributed by atoms with E-state index in [0.29, 0.717) is 0 Å². The summed E-state index contributed by atoms with van der Waals surface area (Å²) in [5.74, 6) is 0. The van der Waals surface area contributed by atoms with E-state index in [4.69, 9.17) is 0 Å². The van der Waals surface area contributed by atoms with Crippen LogP contribution in [0.4, 0.5) is 0 Å². The van der Waals surface area contributed by atoms with Gasteiger partial charge in [0.15, 0.2) is 0 Å². The minimum atomic E-state index is 0.191. The standard InChI is InChI=1S/C18H17IN2/c1-2-20-18(15-7-3-4-10-16(15)19)14-8-5-11-17-13(14)9-6-12-21-17/h3-12,18,20H,2H2,1H3. The number of fused-ring (bicyclic) bond motifs is 1. The fraction of sp³-hybridized carbons (Fsp3) is 0.167. The molecule has 0 radical (unpaired) electrons. The maximum absolute atomic E-state index is 4.47. The molecule has 0 saturated heterocycles. The molecule has 0 bridgehead atoms. The number of aromatic nitrogens is 1. The Morgan fingerprint density at radius 3 is 2.62 bits per heavy atom. The summed E-state index contributed by atoms with van der Waals surface area (Å²) < 4.78 is 1.28. The van der Waals surface area contributed by atoms with Gasteiger partial charge in [0.05, 0.1) is 11.6 Å². The maximum atomic E-state index is 4.47. The summed E-state index contributed by atoms with van der Waals surface area (Å²) in [6.07, 6.45) is 1.85. The van der Waals surface area contributed by atoms with E-state index in [1.54, 1.807) is 0 Å². The van der Waals surface area contributed by atoms with E-state index in [2.05, 4.69) is 88.3 Å². The Balaban J connectivity index is 2.19. The van der Waals surface area contributed by atoms with E-state index >= 15 is 0 Å². The summed E-state index contributed by atoms with van der Waals surface area (Å²) in [7, 11) is 0. The smallest absolute Gasteiger partial charge is 0.0705 e. The number of nitrogens with zero attached hydrogens (tertiary/aromatic N) is 1. The molecule has 0 fully saturated rings. The van der Waals surface area contributed by atoms with E-state index in [1.807, 2.05) is 12.3 Å². The van der Waals surface area contributed by atoms with Crippen molar-refractivity contribution in [2.75, 3.05) is 6.54 Å². The van der Waals surface area contributed by atoms with Crippen molar-refractivity contribution in [3.63, 3.8) is 0 Å². The van der Waals surface area contributed by atoms with Crippen LogP contribution in [0.3, 0.4) is 0 Å². The summed E-state index contributed by atoms with van der Waals surface area (Å²) in [5, 5.41) is 4.83. The molecule has 1 aromatic heterocycles. The van der Waals surface area contributed by atoms with Gasteiger partial charge >= 0.3 is 0 Å². The van der Waals surface area contributed by atoms with E-state index in [1.165, 1.54) is 20.1 Å². The fourth-order valence-electron chi connectivity index (χ4n) is 2.68. The number of halogens is 1. The van der Waals surface area contributed by atoms with Crippen LogP contribution < -0.4 is 5.32 Å². The average molecular weight is 388 g/mol. The topological polar surface area (TPSA) is 24.9 Å². The molecule has 0 aliphatic rings. The van der Waals surface area contributed by atoms with Crippen LogP contribution in [-0.2, 0) is 0 Å². The molecular formula is C18H17IN2. The highest BCUT2D eigenvalue weighted by atomic mass is 127. The Morgan fingerprint density at radius 2 is 1.81 bits per heavy atom. The van der Waals surface area contributed by atoms with Crippen LogP contribution in [0.5, 0.6) is 0 Å². The third-order valence-corrected chi connectivity index (χ3v) is 4.60. The molecule has 106 valence electrons. The molecule has 1 unspecified atom stereocenters. The minimum absolute atomic E-state index is 0.191. The Bertz CT molecular complexity index is 750. The first-order chi connectivity index (χ1) is 10.3. The number of rotatable bonds is 4. The molecule has 1 heterocycles. The quantitative estimate of drug-likeness (QED) is 0.664. The molecule has 0 aliphatic heterocycles. The van der Waals surface area contributed by atoms with Crippen molar-refractivity contribution in [2.24, 2.45) is 0 Å². The lowest BCUT2D eigenvalue weighted by atomic mass is 9.95. The maximum Gasteiger partial charge on any atom is 0.0705 e. The highest BCUT2D eigenvalue weighted by Gasteiger charge is 2.17. The molecule has 0 spiro atoms. The van der Waals surface area contributed by atoms with Crippen LogP contribution in [0.1, 0.15) is 24.1 Å². The second-order valence-electron chi connectivity index (χ2n) is 4.93. The Labute approximate surface area is 138 Å². The molecular weight excluding hydrogens is 371 g/mol. The Hall–Kier alpha value is -1.46. The van der Waals surface area contributed by atoms with Gasteiger partial charge in [0.1, 0.15) is 0 Å². The van der Waals surface area contributed by atoms with Crippen LogP contribution in [0, 0.1) is 3.57 Å². The fourth-order valence-corrected chi connectivity index (χ4v) is 3.38. The molecule has 0 aliphatic carbocycles. The van der Waals surface area contributed by atoms with Crippen LogP contribution in [0.2, 0.25) is 0 Å². The normalized spacial score (nSPS) is 12.5. The zero-order valence-corrected chi connectivity index (χ0v) is 14.0. The molecule has 1 N–H and O–H groups in total. The first kappa shape index (κ1) is 14.5. The molecule has 3 aromatic rings. The third-order valence-electron chi connectivity index (χ3n) is 3.61. The van der Waals surface area contributed by atoms with Gasteiger partial charge in [0, 0.05) is 15.2 Å². The molecule has 21 heavy (non-hydrogen) atoms. The molecule has 1 atom stereocenters. The van der Waals surface area contributed by atoms with Crippen molar-refractivity contribution >= 4 is 33.5 Å². The molecule has 3 heteroatoms. The molecule has 2 aromatic carbocycles. The van der Waals surface area contributed by atoms with E-state index in [0.717, 1.165) is 12.1 Å². The lowest BCUT2D eigenvalue weighted by Crippen LogP contribution is -2.23. The predicted molar refractivity (Wildman–Crippen MR) is 96.4 cm³/mol. The Morgan fingerprint density at radius 1 is 1.00 bits per heavy atom. The lowest BCUT2D eigenvalue weighted by Gasteiger charge is -2.21. The largest absolute Gasteiger partial charge is 0.306 e. The first-order valence-electron chi connectivity index (χ1n) is 7.12. The zero-order chi connectivity index (χ0) is 14.7. The zero-order valence-electron chi connectivity index (χ0n) is 11.9. The van der Waals surface area contributed by atoms with Crippen LogP contribution >= 0.6 is 22.6 Å². The van der Waals surface area contributed by atoms with Gasteiger partial charge in [-0.3, -0.25) is 4.98 Å². The summed E-state index contributed by atoms with van der Waals surface area (Å²) in [6.45, 7) is 3.07. The number of benzene rings is 2. The number of hydrogen-bond acceptors (Lipinski definition) is 2. The number of nitrogens with one attached hydrogen (secondary N) is 1. The summed E-state index contributed by atoms with van der Waals surface area (Å²) in [4.78, 5) is 4.47. The average Bonchev–Trinajstić information content (AvgIpc) is 2.53. The minimum Gasteiger partial charge on any atom is -0.306 e. The highest BCUT2D eigenvalue weighted by molar-refractivity contribution is 14.1. The van der Waals surface area contributed by atoms with E-state index in [-0.39, 0.29) is 6.04 Å². The molecule has 3 rings (SSSR count). The number of pyridine rings is 1. The lowest BCUT2D eigenvalue weighted by molar-refractivity contribution is 0.632. The molecule has 2 nitrogen and oxygen atoms in total. The van der Waals surface area contributed by atoms with Crippen LogP contribution in [-0.4, -0.2) is 11.5 Å². The third kappa shape index (κ3) is 2.94. The van der Waals surface area contributed by atoms with Gasteiger partial charge in [-0.15, -0.1) is 0 Å². The first-order valence-corrected chi connectivity index (χ1v) is 8.20. The summed E-state index contributed by atoms with van der Waals surface area (Å²) in [6, 6.07) is 19.2. The van der Waals surface area contributed by atoms with Gasteiger partial charge < -0.3 is 5.32 Å². The second kappa shape index (κ2) is 6.54. The van der Waals surface area contributed by atoms with Gasteiger partial charge in [-0.05, 0) is 58.5 Å². The van der Waals surface area contributed by atoms with Crippen LogP contribution in [0.15, 0.2) is 60.8 Å². The summed E-state index contributed by atoms with van der Waals surface area (Å²) in [5.41, 5.74) is 3.65. The van der Waals surface area contributed by atoms with Crippen molar-refractivity contribution in [3.05, 3.63) is 75.5 Å². The second-order valence-corrected chi connectivity index (χ2v) is 6.09. The van der Waals surface area contributed by atoms with E-state index < -0.39 is 0 Å². The van der Waals surface area contributed by atoms with Gasteiger partial charge in [0.2, 0.25) is 0 Å². The predicted octanol–water partition coefficient (Wildman–Crippen LogP) is 4.54. The Kier molecular flexibility index (Phi) is 4.51. The SMILES string of the molecule is CCNC(c1ccccc1I)c1cccc2ncccc12. The van der Waals surface area contributed by atoms with Gasteiger partial charge in [-0.1, -0.05) is 43.3 Å². The van der Waals surface area contributed by atoms with Crippen molar-refractivity contribution in [1.82, 2.24) is 10.3 Å². The molecule has 0 saturated carbocycles. The number of hydrogen-bond donors (Lipinski definition) is 1. The van der Waals surface area contributed by atoms with Crippen LogP contribution in [0.25, 0.3) is 10.9 Å². The van der Waals surface area contributed by atoms with Crippen molar-refractivity contribution < 1.29 is 0 Å². The summed E-state index contributed by atoms with van der Waals surface area (Å²) >= 11 is 2.41. The highest BCUT2D eigenvalue weighted by Crippen LogP contribution is 2.30. The van der Waals surface area contributed by atoms with Crippen molar-refractivity contribution in [3.8, 4) is 0 Å². The van der Waals surface area contributed by atoms with Gasteiger partial charge in [-0.2, -0.15) is 0 Å².